The fourth-order valence-corrected chi connectivity index (χ4v) is 3.64. The van der Waals surface area contributed by atoms with E-state index < -0.39 is 0 Å². The van der Waals surface area contributed by atoms with Crippen LogP contribution in [-0.4, -0.2) is 47.9 Å². The van der Waals surface area contributed by atoms with Crippen molar-refractivity contribution in [2.45, 2.75) is 5.16 Å². The molecule has 0 bridgehead atoms. The molecule has 0 aliphatic carbocycles. The number of anilines is 1. The summed E-state index contributed by atoms with van der Waals surface area (Å²) in [4.78, 5) is 12.3. The van der Waals surface area contributed by atoms with Crippen LogP contribution in [0, 0.1) is 0 Å². The van der Waals surface area contributed by atoms with Crippen molar-refractivity contribution in [2.75, 3.05) is 38.2 Å². The van der Waals surface area contributed by atoms with E-state index in [4.69, 9.17) is 43.3 Å². The lowest BCUT2D eigenvalue weighted by molar-refractivity contribution is -0.113. The van der Waals surface area contributed by atoms with E-state index in [1.807, 2.05) is 0 Å². The molecule has 0 atom stereocenters. The SMILES string of the molecule is COc1cc(-c2nnc(SCC(=O)Nc3ccc(Cl)c(Cl)c3)n2N)cc(OC)c1OC. The number of benzene rings is 2. The smallest absolute Gasteiger partial charge is 0.234 e. The summed E-state index contributed by atoms with van der Waals surface area (Å²) in [6, 6.07) is 8.25. The first-order valence-corrected chi connectivity index (χ1v) is 10.5. The number of halogens is 2. The predicted octanol–water partition coefficient (Wildman–Crippen LogP) is 3.72. The predicted molar refractivity (Wildman–Crippen MR) is 121 cm³/mol. The quantitative estimate of drug-likeness (QED) is 0.368. The summed E-state index contributed by atoms with van der Waals surface area (Å²) in [6.45, 7) is 0. The molecule has 1 amide bonds. The average molecular weight is 484 g/mol. The van der Waals surface area contributed by atoms with Gasteiger partial charge in [-0.3, -0.25) is 4.79 Å². The third kappa shape index (κ3) is 5.09. The molecule has 0 saturated carbocycles. The first-order valence-electron chi connectivity index (χ1n) is 8.76. The molecule has 9 nitrogen and oxygen atoms in total. The molecule has 3 N–H and O–H groups in total. The van der Waals surface area contributed by atoms with Crippen molar-refractivity contribution in [3.8, 4) is 28.6 Å². The molecule has 0 radical (unpaired) electrons. The molecule has 31 heavy (non-hydrogen) atoms. The number of nitrogens with two attached hydrogens (primary N) is 1. The Morgan fingerprint density at radius 3 is 2.32 bits per heavy atom. The van der Waals surface area contributed by atoms with Gasteiger partial charge < -0.3 is 25.4 Å². The lowest BCUT2D eigenvalue weighted by Crippen LogP contribution is -2.16. The topological polar surface area (TPSA) is 114 Å². The van der Waals surface area contributed by atoms with Crippen LogP contribution in [0.1, 0.15) is 0 Å². The monoisotopic (exact) mass is 483 g/mol. The average Bonchev–Trinajstić information content (AvgIpc) is 3.14. The minimum atomic E-state index is -0.263. The van der Waals surface area contributed by atoms with Crippen molar-refractivity contribution < 1.29 is 19.0 Å². The van der Waals surface area contributed by atoms with E-state index >= 15 is 0 Å². The van der Waals surface area contributed by atoms with Crippen LogP contribution in [0.5, 0.6) is 17.2 Å². The minimum absolute atomic E-state index is 0.0604. The van der Waals surface area contributed by atoms with Gasteiger partial charge in [-0.1, -0.05) is 35.0 Å². The van der Waals surface area contributed by atoms with E-state index in [9.17, 15) is 4.79 Å². The van der Waals surface area contributed by atoms with Crippen LogP contribution in [0.3, 0.4) is 0 Å². The van der Waals surface area contributed by atoms with Gasteiger partial charge in [-0.25, -0.2) is 4.68 Å². The molecule has 0 saturated heterocycles. The number of carbonyl (C=O) groups is 1. The summed E-state index contributed by atoms with van der Waals surface area (Å²) in [5.41, 5.74) is 1.14. The number of methoxy groups -OCH3 is 3. The first kappa shape index (κ1) is 22.9. The van der Waals surface area contributed by atoms with Crippen molar-refractivity contribution in [3.05, 3.63) is 40.4 Å². The summed E-state index contributed by atoms with van der Waals surface area (Å²) in [5.74, 6) is 7.68. The zero-order valence-corrected chi connectivity index (χ0v) is 19.1. The number of rotatable bonds is 8. The Morgan fingerprint density at radius 1 is 1.06 bits per heavy atom. The Balaban J connectivity index is 1.74. The highest BCUT2D eigenvalue weighted by atomic mass is 35.5. The fourth-order valence-electron chi connectivity index (χ4n) is 2.68. The molecule has 2 aromatic carbocycles. The molecule has 164 valence electrons. The molecule has 12 heteroatoms. The Kier molecular flexibility index (Phi) is 7.37. The number of carbonyl (C=O) groups excluding carboxylic acids is 1. The Bertz CT molecular complexity index is 1080. The van der Waals surface area contributed by atoms with Crippen LogP contribution in [0.15, 0.2) is 35.5 Å². The lowest BCUT2D eigenvalue weighted by atomic mass is 10.1. The van der Waals surface area contributed by atoms with Crippen molar-refractivity contribution >= 4 is 46.6 Å². The normalized spacial score (nSPS) is 10.6. The second-order valence-electron chi connectivity index (χ2n) is 6.06. The molecule has 1 heterocycles. The molecule has 0 spiro atoms. The number of hydrogen-bond acceptors (Lipinski definition) is 8. The molecule has 0 aliphatic rings. The molecule has 0 unspecified atom stereocenters. The van der Waals surface area contributed by atoms with E-state index in [1.165, 1.54) is 26.0 Å². The number of nitrogen functional groups attached to an aromatic ring is 1. The molecule has 3 aromatic rings. The summed E-state index contributed by atoms with van der Waals surface area (Å²) >= 11 is 13.0. The van der Waals surface area contributed by atoms with Gasteiger partial charge in [0.05, 0.1) is 37.1 Å². The van der Waals surface area contributed by atoms with Gasteiger partial charge in [0.25, 0.3) is 0 Å². The number of nitrogens with one attached hydrogen (secondary N) is 1. The van der Waals surface area contributed by atoms with Gasteiger partial charge in [-0.05, 0) is 30.3 Å². The Morgan fingerprint density at radius 2 is 1.74 bits per heavy atom. The van der Waals surface area contributed by atoms with Crippen LogP contribution in [0.4, 0.5) is 5.69 Å². The van der Waals surface area contributed by atoms with E-state index in [0.717, 1.165) is 11.8 Å². The number of nitrogens with zero attached hydrogens (tertiary/aromatic N) is 3. The van der Waals surface area contributed by atoms with Crippen molar-refractivity contribution in [2.24, 2.45) is 0 Å². The largest absolute Gasteiger partial charge is 0.493 e. The van der Waals surface area contributed by atoms with Gasteiger partial charge in [0, 0.05) is 11.3 Å². The number of aromatic nitrogens is 3. The zero-order valence-electron chi connectivity index (χ0n) is 16.8. The van der Waals surface area contributed by atoms with Crippen molar-refractivity contribution in [3.63, 3.8) is 0 Å². The third-order valence-corrected chi connectivity index (χ3v) is 5.81. The summed E-state index contributed by atoms with van der Waals surface area (Å²) in [7, 11) is 4.55. The van der Waals surface area contributed by atoms with Gasteiger partial charge >= 0.3 is 0 Å². The summed E-state index contributed by atoms with van der Waals surface area (Å²) < 4.78 is 17.3. The molecular weight excluding hydrogens is 465 g/mol. The molecule has 0 aliphatic heterocycles. The lowest BCUT2D eigenvalue weighted by Gasteiger charge is -2.13. The van der Waals surface area contributed by atoms with Crippen LogP contribution in [-0.2, 0) is 4.79 Å². The van der Waals surface area contributed by atoms with Crippen LogP contribution in [0.2, 0.25) is 10.0 Å². The van der Waals surface area contributed by atoms with Gasteiger partial charge in [0.1, 0.15) is 0 Å². The van der Waals surface area contributed by atoms with Crippen LogP contribution >= 0.6 is 35.0 Å². The molecule has 0 fully saturated rings. The van der Waals surface area contributed by atoms with Crippen LogP contribution < -0.4 is 25.4 Å². The van der Waals surface area contributed by atoms with E-state index in [-0.39, 0.29) is 11.7 Å². The third-order valence-electron chi connectivity index (χ3n) is 4.12. The number of thioether (sulfide) groups is 1. The highest BCUT2D eigenvalue weighted by Gasteiger charge is 2.19. The Labute approximate surface area is 192 Å². The second-order valence-corrected chi connectivity index (χ2v) is 7.81. The van der Waals surface area contributed by atoms with Gasteiger partial charge in [0.2, 0.25) is 16.8 Å². The van der Waals surface area contributed by atoms with Crippen molar-refractivity contribution in [1.29, 1.82) is 0 Å². The van der Waals surface area contributed by atoms with Crippen molar-refractivity contribution in [1.82, 2.24) is 14.9 Å². The maximum Gasteiger partial charge on any atom is 0.234 e. The fraction of sp³-hybridized carbons (Fsp3) is 0.211. The maximum atomic E-state index is 12.3. The van der Waals surface area contributed by atoms with Crippen LogP contribution in [0.25, 0.3) is 11.4 Å². The standard InChI is InChI=1S/C19H19Cl2N5O4S/c1-28-14-6-10(7-15(29-2)17(14)30-3)18-24-25-19(26(18)22)31-9-16(27)23-11-4-5-12(20)13(21)8-11/h4-8H,9,22H2,1-3H3,(H,23,27). The highest BCUT2D eigenvalue weighted by molar-refractivity contribution is 7.99. The zero-order chi connectivity index (χ0) is 22.5. The molecular formula is C19H19Cl2N5O4S. The highest BCUT2D eigenvalue weighted by Crippen LogP contribution is 2.41. The molecule has 3 rings (SSSR count). The van der Waals surface area contributed by atoms with Gasteiger partial charge in [-0.15, -0.1) is 10.2 Å². The Hall–Kier alpha value is -2.82. The molecule has 1 aromatic heterocycles. The van der Waals surface area contributed by atoms with Gasteiger partial charge in [0.15, 0.2) is 17.3 Å². The number of amides is 1. The van der Waals surface area contributed by atoms with Gasteiger partial charge in [-0.2, -0.15) is 0 Å². The van der Waals surface area contributed by atoms with E-state index in [1.54, 1.807) is 30.3 Å². The van der Waals surface area contributed by atoms with E-state index in [0.29, 0.717) is 49.5 Å². The number of hydrogen-bond donors (Lipinski definition) is 2. The first-order chi connectivity index (χ1) is 14.9. The summed E-state index contributed by atoms with van der Waals surface area (Å²) in [6.07, 6.45) is 0. The summed E-state index contributed by atoms with van der Waals surface area (Å²) in [5, 5.41) is 12.0. The maximum absolute atomic E-state index is 12.3. The minimum Gasteiger partial charge on any atom is -0.493 e. The number of ether oxygens (including phenoxy) is 3. The van der Waals surface area contributed by atoms with E-state index in [2.05, 4.69) is 15.5 Å². The second kappa shape index (κ2) is 9.99.